The zero-order valence-corrected chi connectivity index (χ0v) is 16.2. The Bertz CT molecular complexity index is 755. The van der Waals surface area contributed by atoms with Crippen molar-refractivity contribution in [2.24, 2.45) is 0 Å². The van der Waals surface area contributed by atoms with Gasteiger partial charge < -0.3 is 19.3 Å². The van der Waals surface area contributed by atoms with Crippen molar-refractivity contribution in [3.63, 3.8) is 0 Å². The van der Waals surface area contributed by atoms with E-state index in [4.69, 9.17) is 14.2 Å². The number of hydrogen-bond donors (Lipinski definition) is 1. The maximum absolute atomic E-state index is 10.8. The fourth-order valence-electron chi connectivity index (χ4n) is 4.38. The van der Waals surface area contributed by atoms with Gasteiger partial charge in [-0.1, -0.05) is 23.8 Å². The van der Waals surface area contributed by atoms with E-state index in [0.717, 1.165) is 55.7 Å². The van der Waals surface area contributed by atoms with Crippen molar-refractivity contribution in [3.05, 3.63) is 41.0 Å². The van der Waals surface area contributed by atoms with Crippen LogP contribution in [0.2, 0.25) is 0 Å². The molecule has 1 aromatic carbocycles. The number of likely N-dealkylation sites (N-methyl/N-ethyl adjacent to an activating group) is 1. The summed E-state index contributed by atoms with van der Waals surface area (Å²) >= 11 is 0. The number of nitrogens with zero attached hydrogens (tertiary/aromatic N) is 1. The largest absolute Gasteiger partial charge is 0.492 e. The van der Waals surface area contributed by atoms with E-state index in [1.165, 1.54) is 11.1 Å². The van der Waals surface area contributed by atoms with Gasteiger partial charge in [-0.2, -0.15) is 0 Å². The van der Waals surface area contributed by atoms with Gasteiger partial charge >= 0.3 is 0 Å². The third kappa shape index (κ3) is 3.71. The molecule has 3 aliphatic rings. The number of benzene rings is 1. The average Bonchev–Trinajstić information content (AvgIpc) is 3.16. The normalized spacial score (nSPS) is 22.3. The smallest absolute Gasteiger partial charge is 0.231 e. The first kappa shape index (κ1) is 18.4. The third-order valence-electron chi connectivity index (χ3n) is 5.88. The SMILES string of the molecule is COc1c2c(cc3c1C(CC(O)CCC1=CCCC=C1)N(C)CC3)OCO2. The standard InChI is InChI=1S/C22H29NO4/c1-23-11-10-16-12-19-21(27-14-26-19)22(25-2)20(16)18(23)13-17(24)9-8-15-6-4-3-5-7-15/h4,6-7,12,17-18,24H,3,5,8-11,13-14H2,1-2H3. The number of rotatable bonds is 6. The molecule has 1 N–H and O–H groups in total. The van der Waals surface area contributed by atoms with Crippen molar-refractivity contribution in [2.75, 3.05) is 27.5 Å². The molecule has 2 aliphatic heterocycles. The van der Waals surface area contributed by atoms with Crippen LogP contribution in [0, 0.1) is 0 Å². The van der Waals surface area contributed by atoms with E-state index in [1.807, 2.05) is 0 Å². The maximum Gasteiger partial charge on any atom is 0.231 e. The molecular formula is C22H29NO4. The molecule has 0 aromatic heterocycles. The zero-order valence-electron chi connectivity index (χ0n) is 16.2. The first-order chi connectivity index (χ1) is 13.2. The Kier molecular flexibility index (Phi) is 5.41. The topological polar surface area (TPSA) is 51.2 Å². The molecule has 0 saturated heterocycles. The number of fused-ring (bicyclic) bond motifs is 2. The monoisotopic (exact) mass is 371 g/mol. The lowest BCUT2D eigenvalue weighted by Gasteiger charge is -2.37. The quantitative estimate of drug-likeness (QED) is 0.825. The summed E-state index contributed by atoms with van der Waals surface area (Å²) in [5.41, 5.74) is 3.73. The molecule has 5 nitrogen and oxygen atoms in total. The van der Waals surface area contributed by atoms with E-state index in [-0.39, 0.29) is 18.9 Å². The Labute approximate surface area is 161 Å². The van der Waals surface area contributed by atoms with Crippen LogP contribution in [0.4, 0.5) is 0 Å². The lowest BCUT2D eigenvalue weighted by atomic mass is 9.87. The van der Waals surface area contributed by atoms with Crippen LogP contribution in [-0.2, 0) is 6.42 Å². The first-order valence-electron chi connectivity index (χ1n) is 9.90. The average molecular weight is 371 g/mol. The van der Waals surface area contributed by atoms with Crippen LogP contribution in [0.1, 0.15) is 49.3 Å². The maximum atomic E-state index is 10.8. The van der Waals surface area contributed by atoms with E-state index >= 15 is 0 Å². The second-order valence-electron chi connectivity index (χ2n) is 7.65. The predicted molar refractivity (Wildman–Crippen MR) is 105 cm³/mol. The minimum atomic E-state index is -0.352. The van der Waals surface area contributed by atoms with E-state index in [2.05, 4.69) is 36.2 Å². The van der Waals surface area contributed by atoms with Crippen LogP contribution in [0.15, 0.2) is 29.9 Å². The second kappa shape index (κ2) is 7.95. The molecule has 0 bridgehead atoms. The minimum absolute atomic E-state index is 0.115. The predicted octanol–water partition coefficient (Wildman–Crippen LogP) is 3.76. The van der Waals surface area contributed by atoms with Gasteiger partial charge in [0.05, 0.1) is 13.2 Å². The first-order valence-corrected chi connectivity index (χ1v) is 9.90. The highest BCUT2D eigenvalue weighted by atomic mass is 16.7. The highest BCUT2D eigenvalue weighted by Gasteiger charge is 2.34. The summed E-state index contributed by atoms with van der Waals surface area (Å²) in [6.45, 7) is 1.20. The Morgan fingerprint density at radius 1 is 1.33 bits per heavy atom. The van der Waals surface area contributed by atoms with Crippen LogP contribution >= 0.6 is 0 Å². The fraction of sp³-hybridized carbons (Fsp3) is 0.545. The number of aliphatic hydroxyl groups excluding tert-OH is 1. The van der Waals surface area contributed by atoms with Gasteiger partial charge in [0.25, 0.3) is 0 Å². The van der Waals surface area contributed by atoms with Gasteiger partial charge in [0.1, 0.15) is 0 Å². The fourth-order valence-corrected chi connectivity index (χ4v) is 4.38. The minimum Gasteiger partial charge on any atom is -0.492 e. The van der Waals surface area contributed by atoms with E-state index in [1.54, 1.807) is 7.11 Å². The van der Waals surface area contributed by atoms with Crippen molar-refractivity contribution in [2.45, 2.75) is 50.7 Å². The molecule has 146 valence electrons. The molecule has 1 aromatic rings. The molecule has 2 unspecified atom stereocenters. The lowest BCUT2D eigenvalue weighted by Crippen LogP contribution is -2.34. The van der Waals surface area contributed by atoms with Crippen LogP contribution < -0.4 is 14.2 Å². The van der Waals surface area contributed by atoms with Crippen LogP contribution in [0.25, 0.3) is 0 Å². The summed E-state index contributed by atoms with van der Waals surface area (Å²) in [6, 6.07) is 2.20. The second-order valence-corrected chi connectivity index (χ2v) is 7.65. The summed E-state index contributed by atoms with van der Waals surface area (Å²) in [5, 5.41) is 10.8. The summed E-state index contributed by atoms with van der Waals surface area (Å²) in [5.74, 6) is 2.23. The Morgan fingerprint density at radius 2 is 2.22 bits per heavy atom. The van der Waals surface area contributed by atoms with Gasteiger partial charge in [0, 0.05) is 18.2 Å². The van der Waals surface area contributed by atoms with Crippen LogP contribution in [0.5, 0.6) is 17.2 Å². The molecule has 5 heteroatoms. The van der Waals surface area contributed by atoms with Crippen molar-refractivity contribution in [1.29, 1.82) is 0 Å². The Hall–Kier alpha value is -1.98. The molecule has 0 radical (unpaired) electrons. The van der Waals surface area contributed by atoms with Crippen molar-refractivity contribution in [1.82, 2.24) is 4.90 Å². The molecule has 0 saturated carbocycles. The van der Waals surface area contributed by atoms with Crippen LogP contribution in [0.3, 0.4) is 0 Å². The summed E-state index contributed by atoms with van der Waals surface area (Å²) in [7, 11) is 3.80. The molecule has 27 heavy (non-hydrogen) atoms. The lowest BCUT2D eigenvalue weighted by molar-refractivity contribution is 0.101. The number of aliphatic hydroxyl groups is 1. The van der Waals surface area contributed by atoms with Gasteiger partial charge in [-0.3, -0.25) is 4.90 Å². The van der Waals surface area contributed by atoms with Crippen LogP contribution in [-0.4, -0.2) is 43.6 Å². The Balaban J connectivity index is 1.53. The molecule has 4 rings (SSSR count). The molecule has 0 fully saturated rings. The van der Waals surface area contributed by atoms with Gasteiger partial charge in [-0.25, -0.2) is 0 Å². The van der Waals surface area contributed by atoms with Gasteiger partial charge in [0.15, 0.2) is 11.5 Å². The molecule has 2 heterocycles. The zero-order chi connectivity index (χ0) is 18.8. The van der Waals surface area contributed by atoms with Gasteiger partial charge in [-0.15, -0.1) is 0 Å². The van der Waals surface area contributed by atoms with Crippen molar-refractivity contribution < 1.29 is 19.3 Å². The summed E-state index contributed by atoms with van der Waals surface area (Å²) in [4.78, 5) is 2.32. The number of ether oxygens (including phenoxy) is 3. The Morgan fingerprint density at radius 3 is 3.00 bits per heavy atom. The highest BCUT2D eigenvalue weighted by molar-refractivity contribution is 5.61. The number of methoxy groups -OCH3 is 1. The molecular weight excluding hydrogens is 342 g/mol. The van der Waals surface area contributed by atoms with E-state index in [9.17, 15) is 5.11 Å². The summed E-state index contributed by atoms with van der Waals surface area (Å²) < 4.78 is 17.0. The van der Waals surface area contributed by atoms with Crippen molar-refractivity contribution in [3.8, 4) is 17.2 Å². The van der Waals surface area contributed by atoms with Crippen molar-refractivity contribution >= 4 is 0 Å². The van der Waals surface area contributed by atoms with E-state index in [0.29, 0.717) is 12.2 Å². The molecule has 0 amide bonds. The molecule has 2 atom stereocenters. The third-order valence-corrected chi connectivity index (χ3v) is 5.88. The molecule has 1 aliphatic carbocycles. The van der Waals surface area contributed by atoms with E-state index < -0.39 is 0 Å². The number of allylic oxidation sites excluding steroid dienone is 4. The highest BCUT2D eigenvalue weighted by Crippen LogP contribution is 2.50. The summed E-state index contributed by atoms with van der Waals surface area (Å²) in [6.07, 6.45) is 12.0. The molecule has 0 spiro atoms. The number of hydrogen-bond acceptors (Lipinski definition) is 5. The van der Waals surface area contributed by atoms with Gasteiger partial charge in [0.2, 0.25) is 12.5 Å². The van der Waals surface area contributed by atoms with Gasteiger partial charge in [-0.05, 0) is 57.2 Å².